The molecule has 0 fully saturated rings. The molecule has 7 nitrogen and oxygen atoms in total. The first-order valence-electron chi connectivity index (χ1n) is 11.7. The van der Waals surface area contributed by atoms with Crippen LogP contribution in [-0.4, -0.2) is 37.4 Å². The minimum atomic E-state index is 0.0223. The summed E-state index contributed by atoms with van der Waals surface area (Å²) in [6.45, 7) is 12.0. The summed E-state index contributed by atoms with van der Waals surface area (Å²) in [6.07, 6.45) is 13.8. The number of allylic oxidation sites excluding steroid dienone is 4. The van der Waals surface area contributed by atoms with Gasteiger partial charge in [0.05, 0.1) is 20.4 Å². The molecule has 34 heavy (non-hydrogen) atoms. The predicted molar refractivity (Wildman–Crippen MR) is 145 cm³/mol. The van der Waals surface area contributed by atoms with Crippen molar-refractivity contribution in [2.75, 3.05) is 27.0 Å². The molecule has 1 heterocycles. The molecule has 2 aromatic rings. The summed E-state index contributed by atoms with van der Waals surface area (Å²) in [4.78, 5) is 7.27. The lowest BCUT2D eigenvalue weighted by Crippen LogP contribution is -2.04. The molecule has 1 atom stereocenters. The Labute approximate surface area is 205 Å². The molecule has 7 heteroatoms. The minimum Gasteiger partial charge on any atom is -0.497 e. The molecule has 0 saturated heterocycles. The summed E-state index contributed by atoms with van der Waals surface area (Å²) >= 11 is 0. The second-order valence-corrected chi connectivity index (χ2v) is 6.99. The third kappa shape index (κ3) is 11.4. The maximum absolute atomic E-state index is 5.80. The number of anilines is 1. The highest BCUT2D eigenvalue weighted by atomic mass is 16.5. The van der Waals surface area contributed by atoms with Gasteiger partial charge in [0.1, 0.15) is 11.5 Å². The summed E-state index contributed by atoms with van der Waals surface area (Å²) in [5.41, 5.74) is 11.7. The molecule has 4 N–H and O–H groups in total. The van der Waals surface area contributed by atoms with Crippen molar-refractivity contribution in [3.8, 4) is 5.75 Å². The first-order chi connectivity index (χ1) is 16.5. The standard InChI is InChI=1S/C22H29N5O2.C3H8.C2H6/c1-5-19(28-3)8-6-7-17(20-15-25-22(23)27-20)14-18-13-16(11-12-26-24-2)9-10-21(18)29-4;1-3-2;1-2/h5-10,12-13,15,17,24H,1,11,14H2,2-4H3,(H3,23,25,27);3H2,1-2H3;1-2H3/b7-6+,19-8+,26-12-;;. The van der Waals surface area contributed by atoms with Crippen molar-refractivity contribution in [3.63, 3.8) is 0 Å². The molecule has 1 unspecified atom stereocenters. The van der Waals surface area contributed by atoms with Gasteiger partial charge < -0.3 is 25.6 Å². The van der Waals surface area contributed by atoms with E-state index in [4.69, 9.17) is 15.2 Å². The van der Waals surface area contributed by atoms with Gasteiger partial charge in [-0.2, -0.15) is 5.10 Å². The summed E-state index contributed by atoms with van der Waals surface area (Å²) < 4.78 is 10.8. The zero-order valence-corrected chi connectivity index (χ0v) is 21.9. The third-order valence-corrected chi connectivity index (χ3v) is 4.39. The summed E-state index contributed by atoms with van der Waals surface area (Å²) in [5.74, 6) is 1.94. The van der Waals surface area contributed by atoms with E-state index in [9.17, 15) is 0 Å². The van der Waals surface area contributed by atoms with Crippen LogP contribution in [0.25, 0.3) is 0 Å². The van der Waals surface area contributed by atoms with Crippen LogP contribution < -0.4 is 15.9 Å². The molecule has 0 saturated carbocycles. The lowest BCUT2D eigenvalue weighted by atomic mass is 9.94. The molecular weight excluding hydrogens is 426 g/mol. The third-order valence-electron chi connectivity index (χ3n) is 4.39. The normalized spacial score (nSPS) is 11.8. The molecule has 0 bridgehead atoms. The monoisotopic (exact) mass is 469 g/mol. The van der Waals surface area contributed by atoms with E-state index in [0.717, 1.165) is 29.0 Å². The van der Waals surface area contributed by atoms with Crippen LogP contribution >= 0.6 is 0 Å². The maximum atomic E-state index is 5.80. The Morgan fingerprint density at radius 1 is 1.29 bits per heavy atom. The number of nitrogens with one attached hydrogen (secondary N) is 2. The van der Waals surface area contributed by atoms with Crippen molar-refractivity contribution in [2.24, 2.45) is 5.10 Å². The van der Waals surface area contributed by atoms with Gasteiger partial charge in [0, 0.05) is 31.3 Å². The van der Waals surface area contributed by atoms with Crippen molar-refractivity contribution in [1.29, 1.82) is 0 Å². The highest BCUT2D eigenvalue weighted by Gasteiger charge is 2.15. The number of aromatic amines is 1. The number of hydrazone groups is 1. The van der Waals surface area contributed by atoms with E-state index >= 15 is 0 Å². The smallest absolute Gasteiger partial charge is 0.197 e. The van der Waals surface area contributed by atoms with E-state index in [1.165, 1.54) is 6.42 Å². The van der Waals surface area contributed by atoms with Gasteiger partial charge in [-0.05, 0) is 35.8 Å². The Morgan fingerprint density at radius 2 is 2.00 bits per heavy atom. The molecule has 0 aliphatic heterocycles. The number of nitrogens with two attached hydrogens (primary N) is 1. The van der Waals surface area contributed by atoms with Crippen LogP contribution in [0.2, 0.25) is 0 Å². The molecule has 0 aliphatic rings. The lowest BCUT2D eigenvalue weighted by Gasteiger charge is -2.15. The minimum absolute atomic E-state index is 0.0223. The average Bonchev–Trinajstić information content (AvgIpc) is 3.29. The number of hydrogen-bond acceptors (Lipinski definition) is 6. The maximum Gasteiger partial charge on any atom is 0.197 e. The van der Waals surface area contributed by atoms with E-state index in [0.29, 0.717) is 18.1 Å². The Hall–Kier alpha value is -3.48. The van der Waals surface area contributed by atoms with Gasteiger partial charge in [-0.3, -0.25) is 0 Å². The number of ether oxygens (including phenoxy) is 2. The van der Waals surface area contributed by atoms with Gasteiger partial charge in [0.15, 0.2) is 5.95 Å². The molecule has 2 rings (SSSR count). The SMILES string of the molecule is C=C/C(=C\C=C\C(Cc1cc(C/C=N\NC)ccc1OC)c1cnc(N)[nH]1)OC.CC.CCC. The van der Waals surface area contributed by atoms with E-state index in [1.807, 2.05) is 44.3 Å². The average molecular weight is 470 g/mol. The van der Waals surface area contributed by atoms with E-state index in [1.54, 1.807) is 33.5 Å². The highest BCUT2D eigenvalue weighted by molar-refractivity contribution is 5.61. The molecule has 1 aromatic heterocycles. The Morgan fingerprint density at radius 3 is 2.53 bits per heavy atom. The Balaban J connectivity index is 0.00000201. The Kier molecular flexibility index (Phi) is 17.1. The quantitative estimate of drug-likeness (QED) is 0.167. The van der Waals surface area contributed by atoms with Crippen LogP contribution in [-0.2, 0) is 17.6 Å². The second-order valence-electron chi connectivity index (χ2n) is 6.99. The number of nitrogen functional groups attached to an aromatic ring is 1. The number of H-pyrrole nitrogens is 1. The molecule has 0 spiro atoms. The van der Waals surface area contributed by atoms with E-state index in [2.05, 4.69) is 53.1 Å². The number of benzene rings is 1. The van der Waals surface area contributed by atoms with Gasteiger partial charge in [-0.25, -0.2) is 4.98 Å². The van der Waals surface area contributed by atoms with Gasteiger partial charge in [-0.1, -0.05) is 65.0 Å². The first kappa shape index (κ1) is 30.5. The van der Waals surface area contributed by atoms with Gasteiger partial charge in [-0.15, -0.1) is 0 Å². The molecular formula is C27H43N5O2. The molecule has 0 amide bonds. The summed E-state index contributed by atoms with van der Waals surface area (Å²) in [6, 6.07) is 6.17. The molecule has 0 radical (unpaired) electrons. The largest absolute Gasteiger partial charge is 0.497 e. The fourth-order valence-corrected chi connectivity index (χ4v) is 2.92. The number of rotatable bonds is 11. The first-order valence-corrected chi connectivity index (χ1v) is 11.7. The fourth-order valence-electron chi connectivity index (χ4n) is 2.92. The molecule has 0 aliphatic carbocycles. The van der Waals surface area contributed by atoms with Gasteiger partial charge >= 0.3 is 0 Å². The number of hydrogen-bond donors (Lipinski definition) is 3. The number of methoxy groups -OCH3 is 2. The Bertz CT molecular complexity index is 900. The van der Waals surface area contributed by atoms with Crippen molar-refractivity contribution in [3.05, 3.63) is 77.9 Å². The van der Waals surface area contributed by atoms with E-state index < -0.39 is 0 Å². The van der Waals surface area contributed by atoms with Gasteiger partial charge in [0.25, 0.3) is 0 Å². The van der Waals surface area contributed by atoms with Gasteiger partial charge in [0.2, 0.25) is 0 Å². The van der Waals surface area contributed by atoms with Crippen molar-refractivity contribution in [1.82, 2.24) is 15.4 Å². The summed E-state index contributed by atoms with van der Waals surface area (Å²) in [7, 11) is 5.07. The van der Waals surface area contributed by atoms with Crippen molar-refractivity contribution >= 4 is 12.2 Å². The lowest BCUT2D eigenvalue weighted by molar-refractivity contribution is 0.307. The van der Waals surface area contributed by atoms with Crippen LogP contribution in [0, 0.1) is 0 Å². The predicted octanol–water partition coefficient (Wildman–Crippen LogP) is 5.79. The van der Waals surface area contributed by atoms with Crippen LogP contribution in [0.3, 0.4) is 0 Å². The fraction of sp³-hybridized carbons (Fsp3) is 0.407. The topological polar surface area (TPSA) is 97.5 Å². The van der Waals surface area contributed by atoms with Crippen molar-refractivity contribution < 1.29 is 9.47 Å². The zero-order chi connectivity index (χ0) is 25.8. The van der Waals surface area contributed by atoms with Crippen LogP contribution in [0.5, 0.6) is 5.75 Å². The summed E-state index contributed by atoms with van der Waals surface area (Å²) in [5, 5.41) is 4.05. The number of aromatic nitrogens is 2. The highest BCUT2D eigenvalue weighted by Crippen LogP contribution is 2.28. The molecule has 188 valence electrons. The van der Waals surface area contributed by atoms with Crippen molar-refractivity contribution in [2.45, 2.75) is 52.9 Å². The number of imidazole rings is 1. The van der Waals surface area contributed by atoms with E-state index in [-0.39, 0.29) is 5.92 Å². The van der Waals surface area contributed by atoms with Crippen LogP contribution in [0.4, 0.5) is 5.95 Å². The number of nitrogens with zero attached hydrogens (tertiary/aromatic N) is 2. The zero-order valence-electron chi connectivity index (χ0n) is 21.9. The van der Waals surface area contributed by atoms with Crippen LogP contribution in [0.15, 0.2) is 66.1 Å². The van der Waals surface area contributed by atoms with Crippen LogP contribution in [0.1, 0.15) is 56.9 Å². The second kappa shape index (κ2) is 19.0. The molecule has 1 aromatic carbocycles.